The van der Waals surface area contributed by atoms with Crippen LogP contribution < -0.4 is 4.74 Å². The molecular weight excluding hydrogens is 434 g/mol. The lowest BCUT2D eigenvalue weighted by Crippen LogP contribution is -2.03. The molecule has 3 heteroatoms. The van der Waals surface area contributed by atoms with Crippen LogP contribution in [-0.4, -0.2) is 16.5 Å². The number of hydrogen-bond donors (Lipinski definition) is 0. The van der Waals surface area contributed by atoms with E-state index < -0.39 is 0 Å². The summed E-state index contributed by atoms with van der Waals surface area (Å²) in [5.74, 6) is 0.913. The van der Waals surface area contributed by atoms with Gasteiger partial charge in [0.05, 0.1) is 12.3 Å². The Morgan fingerprint density at radius 3 is 2.23 bits per heavy atom. The molecule has 30 heavy (non-hydrogen) atoms. The second kappa shape index (κ2) is 10.5. The molecule has 4 aromatic rings. The van der Waals surface area contributed by atoms with Gasteiger partial charge in [-0.2, -0.15) is 0 Å². The first kappa shape index (κ1) is 22.2. The Hall–Kier alpha value is -2.52. The van der Waals surface area contributed by atoms with Gasteiger partial charge >= 0.3 is 0 Å². The summed E-state index contributed by atoms with van der Waals surface area (Å²) in [7, 11) is 0. The summed E-state index contributed by atoms with van der Waals surface area (Å²) >= 11 is 3.40. The fourth-order valence-electron chi connectivity index (χ4n) is 3.80. The molecule has 1 heterocycles. The Kier molecular flexibility index (Phi) is 7.75. The molecule has 0 unspecified atom stereocenters. The van der Waals surface area contributed by atoms with Gasteiger partial charge < -0.3 is 9.30 Å². The summed E-state index contributed by atoms with van der Waals surface area (Å²) in [6.07, 6.45) is 0. The summed E-state index contributed by atoms with van der Waals surface area (Å²) in [6, 6.07) is 25.9. The molecule has 0 spiro atoms. The number of hydrogen-bond acceptors (Lipinski definition) is 1. The van der Waals surface area contributed by atoms with Crippen molar-refractivity contribution in [2.75, 3.05) is 11.9 Å². The highest BCUT2D eigenvalue weighted by atomic mass is 79.9. The van der Waals surface area contributed by atoms with Gasteiger partial charge in [-0.15, -0.1) is 0 Å². The van der Waals surface area contributed by atoms with Crippen LogP contribution in [0.15, 0.2) is 72.8 Å². The minimum absolute atomic E-state index is 0.679. The van der Waals surface area contributed by atoms with Crippen LogP contribution in [0.2, 0.25) is 0 Å². The minimum Gasteiger partial charge on any atom is -0.493 e. The molecule has 0 aliphatic heterocycles. The number of aryl methyl sites for hydroxylation is 2. The highest BCUT2D eigenvalue weighted by Crippen LogP contribution is 2.34. The van der Waals surface area contributed by atoms with Gasteiger partial charge in [0.2, 0.25) is 0 Å². The van der Waals surface area contributed by atoms with Crippen LogP contribution in [0.3, 0.4) is 0 Å². The average molecular weight is 464 g/mol. The molecule has 0 fully saturated rings. The maximum atomic E-state index is 5.69. The number of ether oxygens (including phenoxy) is 1. The van der Waals surface area contributed by atoms with Crippen LogP contribution in [0.25, 0.3) is 22.2 Å². The molecule has 2 nitrogen and oxygen atoms in total. The molecule has 0 bridgehead atoms. The van der Waals surface area contributed by atoms with Crippen LogP contribution in [0.5, 0.6) is 5.75 Å². The lowest BCUT2D eigenvalue weighted by atomic mass is 10.1. The third kappa shape index (κ3) is 4.79. The van der Waals surface area contributed by atoms with Gasteiger partial charge in [0, 0.05) is 22.8 Å². The Labute approximate surface area is 188 Å². The van der Waals surface area contributed by atoms with Crippen molar-refractivity contribution in [3.8, 4) is 17.0 Å². The largest absolute Gasteiger partial charge is 0.493 e. The van der Waals surface area contributed by atoms with Crippen molar-refractivity contribution in [3.05, 3.63) is 89.5 Å². The van der Waals surface area contributed by atoms with Gasteiger partial charge in [0.1, 0.15) is 5.75 Å². The van der Waals surface area contributed by atoms with E-state index in [2.05, 4.69) is 107 Å². The number of benzene rings is 3. The van der Waals surface area contributed by atoms with Gasteiger partial charge in [-0.25, -0.2) is 0 Å². The van der Waals surface area contributed by atoms with Crippen molar-refractivity contribution >= 4 is 26.8 Å². The lowest BCUT2D eigenvalue weighted by Gasteiger charge is -2.13. The zero-order valence-corrected chi connectivity index (χ0v) is 19.9. The van der Waals surface area contributed by atoms with Crippen LogP contribution in [0, 0.1) is 13.8 Å². The maximum Gasteiger partial charge on any atom is 0.119 e. The highest BCUT2D eigenvalue weighted by molar-refractivity contribution is 9.09. The molecule has 0 atom stereocenters. The highest BCUT2D eigenvalue weighted by Gasteiger charge is 2.16. The molecule has 3 aromatic carbocycles. The smallest absolute Gasteiger partial charge is 0.119 e. The van der Waals surface area contributed by atoms with Crippen molar-refractivity contribution in [2.45, 2.75) is 34.2 Å². The summed E-state index contributed by atoms with van der Waals surface area (Å²) in [5.41, 5.74) is 7.72. The van der Waals surface area contributed by atoms with E-state index in [1.165, 1.54) is 38.9 Å². The number of alkyl halides is 1. The standard InChI is InChI=1S/C25H24BrNO.C2H6/c1-18-8-13-24-23(16-18)19(2)25(21-6-4-3-5-7-21)27(24)17-20-9-11-22(12-10-20)28-15-14-26;1-2/h3-13,16H,14-15,17H2,1-2H3;1-2H3. The molecule has 0 N–H and O–H groups in total. The molecule has 0 saturated heterocycles. The van der Waals surface area contributed by atoms with E-state index in [4.69, 9.17) is 4.74 Å². The second-order valence-electron chi connectivity index (χ2n) is 7.13. The predicted octanol–water partition coefficient (Wildman–Crippen LogP) is 7.77. The first-order chi connectivity index (χ1) is 14.7. The number of aromatic nitrogens is 1. The fourth-order valence-corrected chi connectivity index (χ4v) is 3.96. The number of nitrogens with zero attached hydrogens (tertiary/aromatic N) is 1. The van der Waals surface area contributed by atoms with Crippen molar-refractivity contribution in [3.63, 3.8) is 0 Å². The van der Waals surface area contributed by atoms with Gasteiger partial charge in [0.15, 0.2) is 0 Å². The fraction of sp³-hybridized carbons (Fsp3) is 0.259. The molecule has 0 saturated carbocycles. The van der Waals surface area contributed by atoms with E-state index in [9.17, 15) is 0 Å². The normalized spacial score (nSPS) is 10.6. The third-order valence-electron chi connectivity index (χ3n) is 5.13. The topological polar surface area (TPSA) is 14.2 Å². The Morgan fingerprint density at radius 1 is 0.867 bits per heavy atom. The lowest BCUT2D eigenvalue weighted by molar-refractivity contribution is 0.345. The van der Waals surface area contributed by atoms with Crippen molar-refractivity contribution in [1.82, 2.24) is 4.57 Å². The predicted molar refractivity (Wildman–Crippen MR) is 133 cm³/mol. The summed E-state index contributed by atoms with van der Waals surface area (Å²) < 4.78 is 8.13. The zero-order chi connectivity index (χ0) is 21.5. The summed E-state index contributed by atoms with van der Waals surface area (Å²) in [5, 5.41) is 2.17. The van der Waals surface area contributed by atoms with Gasteiger partial charge in [-0.3, -0.25) is 0 Å². The molecule has 0 radical (unpaired) electrons. The first-order valence-electron chi connectivity index (χ1n) is 10.6. The van der Waals surface area contributed by atoms with Crippen LogP contribution in [-0.2, 0) is 6.54 Å². The van der Waals surface area contributed by atoms with Gasteiger partial charge in [-0.05, 0) is 54.8 Å². The molecule has 1 aromatic heterocycles. The SMILES string of the molecule is CC.Cc1ccc2c(c1)c(C)c(-c1ccccc1)n2Cc1ccc(OCCBr)cc1. The molecular formula is C27H30BrNO. The van der Waals surface area contributed by atoms with Crippen LogP contribution in [0.1, 0.15) is 30.5 Å². The van der Waals surface area contributed by atoms with Gasteiger partial charge in [-0.1, -0.05) is 83.9 Å². The Bertz CT molecular complexity index is 1080. The minimum atomic E-state index is 0.679. The quantitative estimate of drug-likeness (QED) is 0.266. The van der Waals surface area contributed by atoms with E-state index in [-0.39, 0.29) is 0 Å². The third-order valence-corrected chi connectivity index (χ3v) is 5.45. The van der Waals surface area contributed by atoms with Crippen molar-refractivity contribution in [1.29, 1.82) is 0 Å². The number of halogens is 1. The van der Waals surface area contributed by atoms with Gasteiger partial charge in [0.25, 0.3) is 0 Å². The Morgan fingerprint density at radius 2 is 1.57 bits per heavy atom. The average Bonchev–Trinajstić information content (AvgIpc) is 3.06. The monoisotopic (exact) mass is 463 g/mol. The van der Waals surface area contributed by atoms with Crippen LogP contribution >= 0.6 is 15.9 Å². The Balaban J connectivity index is 0.00000124. The molecule has 156 valence electrons. The van der Waals surface area contributed by atoms with E-state index in [0.29, 0.717) is 6.61 Å². The first-order valence-corrected chi connectivity index (χ1v) is 11.7. The van der Waals surface area contributed by atoms with Crippen molar-refractivity contribution < 1.29 is 4.74 Å². The van der Waals surface area contributed by atoms with Crippen molar-refractivity contribution in [2.24, 2.45) is 0 Å². The maximum absolute atomic E-state index is 5.69. The zero-order valence-electron chi connectivity index (χ0n) is 18.3. The summed E-state index contributed by atoms with van der Waals surface area (Å²) in [4.78, 5) is 0. The second-order valence-corrected chi connectivity index (χ2v) is 7.92. The van der Waals surface area contributed by atoms with E-state index >= 15 is 0 Å². The molecule has 0 amide bonds. The number of rotatable bonds is 6. The molecule has 0 aliphatic rings. The van der Waals surface area contributed by atoms with E-state index in [1.807, 2.05) is 13.8 Å². The van der Waals surface area contributed by atoms with E-state index in [0.717, 1.165) is 17.6 Å². The van der Waals surface area contributed by atoms with Crippen LogP contribution in [0.4, 0.5) is 0 Å². The molecule has 0 aliphatic carbocycles. The molecule has 4 rings (SSSR count). The van der Waals surface area contributed by atoms with E-state index in [1.54, 1.807) is 0 Å². The number of fused-ring (bicyclic) bond motifs is 1. The summed E-state index contributed by atoms with van der Waals surface area (Å²) in [6.45, 7) is 9.90.